The van der Waals surface area contributed by atoms with Gasteiger partial charge in [-0.1, -0.05) is 23.2 Å². The van der Waals surface area contributed by atoms with Crippen molar-refractivity contribution in [3.63, 3.8) is 0 Å². The number of aromatic nitrogens is 3. The number of Topliss-reactive ketones (excluding diaryl/α,β-unsaturated/α-hetero) is 1. The van der Waals surface area contributed by atoms with Crippen molar-refractivity contribution in [3.8, 4) is 5.69 Å². The second-order valence-electron chi connectivity index (χ2n) is 12.9. The van der Waals surface area contributed by atoms with Gasteiger partial charge in [-0.15, -0.1) is 0 Å². The van der Waals surface area contributed by atoms with E-state index in [9.17, 15) is 17.6 Å². The van der Waals surface area contributed by atoms with Gasteiger partial charge in [-0.05, 0) is 129 Å². The number of hydrogen-bond acceptors (Lipinski definition) is 5. The Morgan fingerprint density at radius 2 is 1.69 bits per heavy atom. The van der Waals surface area contributed by atoms with Gasteiger partial charge in [-0.25, -0.2) is 17.5 Å². The number of ketones is 1. The van der Waals surface area contributed by atoms with E-state index < -0.39 is 15.4 Å². The molecule has 0 radical (unpaired) electrons. The molecular formula is C35H32ClFN4O3S. The van der Waals surface area contributed by atoms with E-state index in [0.717, 1.165) is 53.8 Å². The first-order chi connectivity index (χ1) is 21.7. The lowest BCUT2D eigenvalue weighted by Crippen LogP contribution is -2.51. The Morgan fingerprint density at radius 1 is 0.933 bits per heavy atom. The van der Waals surface area contributed by atoms with E-state index >= 15 is 0 Å². The summed E-state index contributed by atoms with van der Waals surface area (Å²) in [6, 6.07) is 15.9. The van der Waals surface area contributed by atoms with Crippen molar-refractivity contribution in [2.75, 3.05) is 0 Å². The number of nitrogens with zero attached hydrogens (tertiary/aromatic N) is 4. The monoisotopic (exact) mass is 642 g/mol. The molecule has 2 heterocycles. The highest BCUT2D eigenvalue weighted by Crippen LogP contribution is 2.53. The lowest BCUT2D eigenvalue weighted by atomic mass is 9.60. The van der Waals surface area contributed by atoms with Gasteiger partial charge in [0.2, 0.25) is 10.0 Å². The van der Waals surface area contributed by atoms with E-state index in [1.54, 1.807) is 51.6 Å². The van der Waals surface area contributed by atoms with E-state index in [-0.39, 0.29) is 28.6 Å². The molecule has 45 heavy (non-hydrogen) atoms. The van der Waals surface area contributed by atoms with Crippen molar-refractivity contribution in [2.24, 2.45) is 5.41 Å². The van der Waals surface area contributed by atoms with Crippen LogP contribution in [0.15, 0.2) is 83.5 Å². The number of hydrogen-bond donors (Lipinski definition) is 0. The Balaban J connectivity index is 1.20. The number of allylic oxidation sites excluding steroid dienone is 1. The summed E-state index contributed by atoms with van der Waals surface area (Å²) in [5.41, 5.74) is 4.04. The summed E-state index contributed by atoms with van der Waals surface area (Å²) in [4.78, 5) is 19.6. The summed E-state index contributed by atoms with van der Waals surface area (Å²) in [6.07, 6.45) is 11.4. The van der Waals surface area contributed by atoms with Crippen LogP contribution in [0.5, 0.6) is 0 Å². The average Bonchev–Trinajstić information content (AvgIpc) is 3.99. The summed E-state index contributed by atoms with van der Waals surface area (Å²) in [5, 5.41) is 5.12. The third-order valence-corrected chi connectivity index (χ3v) is 12.1. The second kappa shape index (κ2) is 10.7. The molecule has 0 bridgehead atoms. The Kier molecular flexibility index (Phi) is 6.85. The molecule has 2 aromatic heterocycles. The zero-order valence-electron chi connectivity index (χ0n) is 24.6. The van der Waals surface area contributed by atoms with Gasteiger partial charge in [0, 0.05) is 23.3 Å². The van der Waals surface area contributed by atoms with Gasteiger partial charge in [0.25, 0.3) is 0 Å². The SMILES string of the molecule is O=C(c1ccc(C2CC2)cn1)[C@]12Cc3cnn(-c4ccc(F)cc4)c3C=C1CC[C@H](N(C1CC1)S(=O)(=O)c1ccc(Cl)cc1)C2. The third-order valence-electron chi connectivity index (χ3n) is 9.86. The summed E-state index contributed by atoms with van der Waals surface area (Å²) in [6.45, 7) is 0. The third kappa shape index (κ3) is 5.05. The predicted molar refractivity (Wildman–Crippen MR) is 169 cm³/mol. The number of benzene rings is 2. The summed E-state index contributed by atoms with van der Waals surface area (Å²) >= 11 is 6.09. The summed E-state index contributed by atoms with van der Waals surface area (Å²) < 4.78 is 45.5. The number of fused-ring (bicyclic) bond motifs is 2. The minimum absolute atomic E-state index is 0.0828. The number of sulfonamides is 1. The molecule has 3 fully saturated rings. The minimum Gasteiger partial charge on any atom is -0.291 e. The highest BCUT2D eigenvalue weighted by molar-refractivity contribution is 7.89. The van der Waals surface area contributed by atoms with Crippen LogP contribution in [0.4, 0.5) is 4.39 Å². The maximum absolute atomic E-state index is 14.7. The maximum atomic E-state index is 14.7. The molecule has 0 aliphatic heterocycles. The van der Waals surface area contributed by atoms with Crippen molar-refractivity contribution in [1.29, 1.82) is 0 Å². The fourth-order valence-electron chi connectivity index (χ4n) is 7.28. The molecule has 4 aromatic rings. The van der Waals surface area contributed by atoms with Gasteiger partial charge in [0.1, 0.15) is 11.5 Å². The van der Waals surface area contributed by atoms with Crippen molar-refractivity contribution in [2.45, 2.75) is 74.3 Å². The lowest BCUT2D eigenvalue weighted by molar-refractivity contribution is 0.0733. The van der Waals surface area contributed by atoms with Gasteiger partial charge in [-0.3, -0.25) is 9.78 Å². The number of pyridine rings is 1. The molecule has 2 atom stereocenters. The Bertz CT molecular complexity index is 1930. The molecule has 230 valence electrons. The zero-order chi connectivity index (χ0) is 30.9. The molecule has 8 rings (SSSR count). The normalized spacial score (nSPS) is 22.9. The number of rotatable bonds is 8. The quantitative estimate of drug-likeness (QED) is 0.191. The molecule has 0 amide bonds. The molecule has 0 spiro atoms. The van der Waals surface area contributed by atoms with Crippen LogP contribution >= 0.6 is 11.6 Å². The van der Waals surface area contributed by atoms with E-state index in [1.807, 2.05) is 18.3 Å². The molecule has 0 saturated heterocycles. The van der Waals surface area contributed by atoms with Gasteiger partial charge in [0.05, 0.1) is 27.9 Å². The molecule has 7 nitrogen and oxygen atoms in total. The number of carbonyl (C=O) groups excluding carboxylic acids is 1. The van der Waals surface area contributed by atoms with Crippen LogP contribution in [0.25, 0.3) is 11.8 Å². The molecule has 0 N–H and O–H groups in total. The lowest BCUT2D eigenvalue weighted by Gasteiger charge is -2.46. The summed E-state index contributed by atoms with van der Waals surface area (Å²) in [5.74, 6) is 0.115. The van der Waals surface area contributed by atoms with Crippen molar-refractivity contribution >= 4 is 33.5 Å². The Labute approximate surface area is 266 Å². The zero-order valence-corrected chi connectivity index (χ0v) is 26.1. The molecule has 4 aliphatic rings. The van der Waals surface area contributed by atoms with E-state index in [0.29, 0.717) is 42.3 Å². The van der Waals surface area contributed by atoms with Crippen molar-refractivity contribution in [3.05, 3.63) is 112 Å². The molecular weight excluding hydrogens is 611 g/mol. The highest BCUT2D eigenvalue weighted by atomic mass is 35.5. The smallest absolute Gasteiger partial charge is 0.243 e. The number of halogens is 2. The number of carbonyl (C=O) groups is 1. The molecule has 4 aliphatic carbocycles. The summed E-state index contributed by atoms with van der Waals surface area (Å²) in [7, 11) is -3.83. The van der Waals surface area contributed by atoms with Gasteiger partial charge in [0.15, 0.2) is 5.78 Å². The first kappa shape index (κ1) is 28.8. The van der Waals surface area contributed by atoms with Gasteiger partial charge in [-0.2, -0.15) is 9.40 Å². The van der Waals surface area contributed by atoms with E-state index in [2.05, 4.69) is 16.2 Å². The first-order valence-corrected chi connectivity index (χ1v) is 17.4. The molecule has 2 aromatic carbocycles. The van der Waals surface area contributed by atoms with Crippen LogP contribution in [0.1, 0.15) is 78.2 Å². The van der Waals surface area contributed by atoms with Gasteiger partial charge >= 0.3 is 0 Å². The van der Waals surface area contributed by atoms with E-state index in [1.165, 1.54) is 12.1 Å². The largest absolute Gasteiger partial charge is 0.291 e. The first-order valence-electron chi connectivity index (χ1n) is 15.6. The standard InChI is InChI=1S/C35H32ClFN4O3S/c36-26-5-14-31(15-6-26)45(43,44)41(29-12-13-29)30-9-4-25-17-33-24(21-39-40(33)28-10-7-27(37)8-11-28)18-35(25,19-30)34(42)32-16-3-23(20-38-32)22-1-2-22/h3,5-8,10-11,14-17,20-22,29-30H,1-2,4,9,12-13,18-19H2/t30-,35-/m0/s1. The van der Waals surface area contributed by atoms with Crippen LogP contribution < -0.4 is 0 Å². The fraction of sp³-hybridized carbons (Fsp3) is 0.343. The van der Waals surface area contributed by atoms with Crippen LogP contribution in [-0.4, -0.2) is 45.4 Å². The van der Waals surface area contributed by atoms with E-state index in [4.69, 9.17) is 11.6 Å². The topological polar surface area (TPSA) is 85.2 Å². The predicted octanol–water partition coefficient (Wildman–Crippen LogP) is 7.15. The average molecular weight is 643 g/mol. The molecule has 10 heteroatoms. The van der Waals surface area contributed by atoms with Gasteiger partial charge < -0.3 is 0 Å². The van der Waals surface area contributed by atoms with Crippen molar-refractivity contribution in [1.82, 2.24) is 19.1 Å². The highest BCUT2D eigenvalue weighted by Gasteiger charge is 2.53. The van der Waals surface area contributed by atoms with Crippen molar-refractivity contribution < 1.29 is 17.6 Å². The Morgan fingerprint density at radius 3 is 2.36 bits per heavy atom. The fourth-order valence-corrected chi connectivity index (χ4v) is 9.30. The van der Waals surface area contributed by atoms with Crippen LogP contribution in [-0.2, 0) is 16.4 Å². The van der Waals surface area contributed by atoms with Crippen LogP contribution in [0.3, 0.4) is 0 Å². The molecule has 0 unspecified atom stereocenters. The maximum Gasteiger partial charge on any atom is 0.243 e. The van der Waals surface area contributed by atoms with Crippen LogP contribution in [0, 0.1) is 11.2 Å². The van der Waals surface area contributed by atoms with Crippen LogP contribution in [0.2, 0.25) is 5.02 Å². The second-order valence-corrected chi connectivity index (χ2v) is 15.1. The Hall–Kier alpha value is -3.66. The molecule has 3 saturated carbocycles. The minimum atomic E-state index is -3.83.